The summed E-state index contributed by atoms with van der Waals surface area (Å²) < 4.78 is 65.8. The second-order valence-corrected chi connectivity index (χ2v) is 9.01. The van der Waals surface area contributed by atoms with Crippen LogP contribution in [-0.4, -0.2) is 53.1 Å². The monoisotopic (exact) mass is 481 g/mol. The van der Waals surface area contributed by atoms with Gasteiger partial charge < -0.3 is 10.5 Å². The van der Waals surface area contributed by atoms with E-state index in [1.807, 2.05) is 0 Å². The van der Waals surface area contributed by atoms with Crippen LogP contribution in [0.4, 0.5) is 13.2 Å². The Morgan fingerprint density at radius 2 is 2.10 bits per heavy atom. The Bertz CT molecular complexity index is 1060. The Kier molecular flexibility index (Phi) is 8.41. The summed E-state index contributed by atoms with van der Waals surface area (Å²) in [6.45, 7) is 1.60. The molecule has 0 saturated heterocycles. The summed E-state index contributed by atoms with van der Waals surface area (Å²) in [6, 6.07) is 2.60. The van der Waals surface area contributed by atoms with Crippen LogP contribution >= 0.6 is 11.8 Å². The molecule has 0 saturated carbocycles. The Morgan fingerprint density at radius 3 is 2.71 bits per heavy atom. The number of carbonyl (C=O) groups is 1. The molecule has 2 rings (SSSR count). The molecule has 0 aliphatic carbocycles. The summed E-state index contributed by atoms with van der Waals surface area (Å²) in [5, 5.41) is 27.2. The van der Waals surface area contributed by atoms with Gasteiger partial charge >= 0.3 is 0 Å². The molecule has 1 amide bonds. The number of aromatic nitrogens is 2. The van der Waals surface area contributed by atoms with Crippen molar-refractivity contribution in [3.05, 3.63) is 40.8 Å². The highest BCUT2D eigenvalue weighted by molar-refractivity contribution is 7.99. The fourth-order valence-corrected chi connectivity index (χ4v) is 3.74. The van der Waals surface area contributed by atoms with Gasteiger partial charge in [-0.1, -0.05) is 23.0 Å². The highest BCUT2D eigenvalue weighted by Crippen LogP contribution is 2.25. The van der Waals surface area contributed by atoms with E-state index in [4.69, 9.17) is 5.14 Å². The van der Waals surface area contributed by atoms with Crippen LogP contribution in [0.3, 0.4) is 0 Å². The van der Waals surface area contributed by atoms with E-state index in [1.165, 1.54) is 6.07 Å². The summed E-state index contributed by atoms with van der Waals surface area (Å²) in [6.07, 6.45) is -3.18. The molecule has 0 radical (unpaired) electrons. The Hall–Kier alpha value is -2.65. The van der Waals surface area contributed by atoms with Gasteiger partial charge in [-0.05, 0) is 34.9 Å². The third kappa shape index (κ3) is 7.52. The van der Waals surface area contributed by atoms with E-state index in [-0.39, 0.29) is 34.2 Å². The van der Waals surface area contributed by atoms with Gasteiger partial charge in [-0.15, -0.1) is 0 Å². The number of carbonyl (C=O) groups excluding carboxylic acids is 1. The molecule has 0 aliphatic rings. The predicted octanol–water partition coefficient (Wildman–Crippen LogP) is 1.45. The number of thioether (sulfide) groups is 1. The molecule has 31 heavy (non-hydrogen) atoms. The lowest BCUT2D eigenvalue weighted by atomic mass is 10.0. The van der Waals surface area contributed by atoms with E-state index < -0.39 is 45.5 Å². The quantitative estimate of drug-likeness (QED) is 0.199. The molecule has 0 fully saturated rings. The fraction of sp³-hybridized carbons (Fsp3) is 0.375. The average molecular weight is 481 g/mol. The first-order chi connectivity index (χ1) is 14.5. The summed E-state index contributed by atoms with van der Waals surface area (Å²) in [5.74, 6) is -2.49. The van der Waals surface area contributed by atoms with E-state index >= 15 is 0 Å². The van der Waals surface area contributed by atoms with Gasteiger partial charge in [0.25, 0.3) is 6.43 Å². The maximum absolute atomic E-state index is 13.5. The first kappa shape index (κ1) is 24.6. The van der Waals surface area contributed by atoms with E-state index in [1.54, 1.807) is 6.92 Å². The molecule has 10 nitrogen and oxygen atoms in total. The molecule has 0 spiro atoms. The fourth-order valence-electron chi connectivity index (χ4n) is 2.43. The Morgan fingerprint density at radius 1 is 1.39 bits per heavy atom. The predicted molar refractivity (Wildman–Crippen MR) is 104 cm³/mol. The maximum atomic E-state index is 13.5. The summed E-state index contributed by atoms with van der Waals surface area (Å²) >= 11 is 1.05. The number of primary sulfonamides is 1. The van der Waals surface area contributed by atoms with E-state index in [9.17, 15) is 31.6 Å². The molecule has 15 heteroatoms. The zero-order valence-electron chi connectivity index (χ0n) is 16.0. The summed E-state index contributed by atoms with van der Waals surface area (Å²) in [4.78, 5) is 11.6. The van der Waals surface area contributed by atoms with Gasteiger partial charge in [0, 0.05) is 18.2 Å². The first-order valence-electron chi connectivity index (χ1n) is 8.53. The lowest BCUT2D eigenvalue weighted by Gasteiger charge is -2.12. The number of hydrogen-bond donors (Lipinski definition) is 3. The normalized spacial score (nSPS) is 13.4. The number of nitrogens with two attached hydrogens (primary N) is 1. The van der Waals surface area contributed by atoms with Gasteiger partial charge in [-0.25, -0.2) is 31.4 Å². The highest BCUT2D eigenvalue weighted by Gasteiger charge is 2.21. The third-order valence-corrected chi connectivity index (χ3v) is 5.60. The second kappa shape index (κ2) is 10.6. The van der Waals surface area contributed by atoms with Crippen LogP contribution in [-0.2, 0) is 21.2 Å². The van der Waals surface area contributed by atoms with Crippen molar-refractivity contribution in [2.75, 3.05) is 11.5 Å². The van der Waals surface area contributed by atoms with Crippen molar-refractivity contribution in [3.63, 3.8) is 0 Å². The molecule has 2 aromatic rings. The first-order valence-corrected chi connectivity index (χ1v) is 11.2. The molecular weight excluding hydrogens is 463 g/mol. The highest BCUT2D eigenvalue weighted by atomic mass is 32.2. The minimum atomic E-state index is -3.96. The van der Waals surface area contributed by atoms with Crippen molar-refractivity contribution in [1.29, 1.82) is 0 Å². The van der Waals surface area contributed by atoms with Gasteiger partial charge in [0.2, 0.25) is 15.9 Å². The minimum Gasteiger partial charge on any atom is -0.411 e. The van der Waals surface area contributed by atoms with Gasteiger partial charge in [-0.3, -0.25) is 4.79 Å². The Balaban J connectivity index is 2.06. The van der Waals surface area contributed by atoms with Crippen molar-refractivity contribution in [3.8, 4) is 0 Å². The summed E-state index contributed by atoms with van der Waals surface area (Å²) in [7, 11) is -3.96. The van der Waals surface area contributed by atoms with Gasteiger partial charge in [-0.2, -0.15) is 0 Å². The number of benzene rings is 1. The standard InChI is InChI=1S/C16H18F3N5O5S2/c1-8(21-13(25)7-31(20,27)28)6-30-16-14(23-29-24-16)12(22-26)5-9-2-3-11(17)10(4-9)15(18)19/h2-4,8,15,26H,5-7H2,1H3,(H,21,25)(H2,20,27,28)/t8-/m1/s1. The van der Waals surface area contributed by atoms with Crippen LogP contribution in [0, 0.1) is 5.82 Å². The molecular formula is C16H18F3N5O5S2. The van der Waals surface area contributed by atoms with Crippen molar-refractivity contribution < 1.29 is 36.2 Å². The summed E-state index contributed by atoms with van der Waals surface area (Å²) in [5.41, 5.74) is -0.584. The Labute approximate surface area is 179 Å². The lowest BCUT2D eigenvalue weighted by Crippen LogP contribution is -2.39. The number of nitrogens with one attached hydrogen (secondary N) is 1. The number of nitrogens with zero attached hydrogens (tertiary/aromatic N) is 3. The van der Waals surface area contributed by atoms with Gasteiger partial charge in [0.1, 0.15) is 17.3 Å². The van der Waals surface area contributed by atoms with Crippen molar-refractivity contribution in [2.45, 2.75) is 30.8 Å². The third-order valence-electron chi connectivity index (χ3n) is 3.73. The SMILES string of the molecule is C[C@H](CSc1nonc1C(Cc1ccc(F)c(C(F)F)c1)=NO)NC(=O)CS(N)(=O)=O. The number of alkyl halides is 2. The molecule has 0 aliphatic heterocycles. The molecule has 0 unspecified atom stereocenters. The lowest BCUT2D eigenvalue weighted by molar-refractivity contribution is -0.119. The molecule has 1 heterocycles. The van der Waals surface area contributed by atoms with Crippen LogP contribution in [0.25, 0.3) is 0 Å². The zero-order valence-corrected chi connectivity index (χ0v) is 17.6. The van der Waals surface area contributed by atoms with E-state index in [2.05, 4.69) is 25.4 Å². The smallest absolute Gasteiger partial charge is 0.266 e. The maximum Gasteiger partial charge on any atom is 0.266 e. The molecule has 0 bridgehead atoms. The van der Waals surface area contributed by atoms with E-state index in [0.717, 1.165) is 23.9 Å². The van der Waals surface area contributed by atoms with E-state index in [0.29, 0.717) is 0 Å². The number of oxime groups is 1. The topological polar surface area (TPSA) is 161 Å². The van der Waals surface area contributed by atoms with Gasteiger partial charge in [0.15, 0.2) is 10.7 Å². The number of hydrogen-bond acceptors (Lipinski definition) is 9. The average Bonchev–Trinajstić information content (AvgIpc) is 3.12. The van der Waals surface area contributed by atoms with Crippen molar-refractivity contribution in [1.82, 2.24) is 15.6 Å². The van der Waals surface area contributed by atoms with Gasteiger partial charge in [0.05, 0.1) is 5.56 Å². The number of rotatable bonds is 10. The number of amides is 1. The largest absolute Gasteiger partial charge is 0.411 e. The minimum absolute atomic E-state index is 0.0264. The molecule has 1 aromatic carbocycles. The molecule has 170 valence electrons. The zero-order chi connectivity index (χ0) is 23.2. The van der Waals surface area contributed by atoms with Crippen molar-refractivity contribution in [2.24, 2.45) is 10.3 Å². The molecule has 1 atom stereocenters. The number of sulfonamides is 1. The van der Waals surface area contributed by atoms with Crippen LogP contribution in [0.5, 0.6) is 0 Å². The van der Waals surface area contributed by atoms with Crippen LogP contribution in [0.2, 0.25) is 0 Å². The molecule has 4 N–H and O–H groups in total. The van der Waals surface area contributed by atoms with Crippen LogP contribution < -0.4 is 10.5 Å². The second-order valence-electron chi connectivity index (χ2n) is 6.38. The van der Waals surface area contributed by atoms with Crippen LogP contribution in [0.1, 0.15) is 30.2 Å². The number of halogens is 3. The van der Waals surface area contributed by atoms with Crippen molar-refractivity contribution >= 4 is 33.4 Å². The van der Waals surface area contributed by atoms with Crippen LogP contribution in [0.15, 0.2) is 33.0 Å². The molecule has 1 aromatic heterocycles.